The van der Waals surface area contributed by atoms with Gasteiger partial charge in [0.05, 0.1) is 6.20 Å². The molecule has 0 spiro atoms. The van der Waals surface area contributed by atoms with Gasteiger partial charge in [0.2, 0.25) is 5.91 Å². The zero-order valence-corrected chi connectivity index (χ0v) is 14.3. The highest BCUT2D eigenvalue weighted by Crippen LogP contribution is 2.28. The molecule has 0 saturated carbocycles. The number of carboxylic acids is 1. The summed E-state index contributed by atoms with van der Waals surface area (Å²) in [6, 6.07) is 0.261. The fourth-order valence-corrected chi connectivity index (χ4v) is 2.94. The van der Waals surface area contributed by atoms with Gasteiger partial charge in [-0.05, 0) is 18.9 Å². The Morgan fingerprint density at radius 3 is 2.79 bits per heavy atom. The van der Waals surface area contributed by atoms with Gasteiger partial charge in [-0.1, -0.05) is 0 Å². The Bertz CT molecular complexity index is 899. The van der Waals surface area contributed by atoms with E-state index in [9.17, 15) is 27.2 Å². The van der Waals surface area contributed by atoms with Crippen molar-refractivity contribution in [3.8, 4) is 11.4 Å². The highest BCUT2D eigenvalue weighted by Gasteiger charge is 2.36. The van der Waals surface area contributed by atoms with E-state index in [2.05, 4.69) is 15.0 Å². The first-order valence-corrected chi connectivity index (χ1v) is 8.21. The van der Waals surface area contributed by atoms with Gasteiger partial charge in [-0.3, -0.25) is 4.79 Å². The number of hydrogen-bond donors (Lipinski definition) is 3. The second-order valence-electron chi connectivity index (χ2n) is 6.16. The smallest absolute Gasteiger partial charge is 0.405 e. The van der Waals surface area contributed by atoms with E-state index >= 15 is 0 Å². The average Bonchev–Trinajstić information content (AvgIpc) is 3.29. The molecule has 0 bridgehead atoms. The van der Waals surface area contributed by atoms with Crippen molar-refractivity contribution in [1.82, 2.24) is 20.3 Å². The summed E-state index contributed by atoms with van der Waals surface area (Å²) in [6.07, 6.45) is -1.64. The zero-order chi connectivity index (χ0) is 20.5. The van der Waals surface area contributed by atoms with E-state index in [4.69, 9.17) is 5.11 Å². The van der Waals surface area contributed by atoms with Crippen LogP contribution in [0.25, 0.3) is 11.4 Å². The van der Waals surface area contributed by atoms with E-state index in [0.29, 0.717) is 6.42 Å². The molecule has 2 aromatic rings. The molecular formula is C16H15F4N5O3. The molecule has 3 N–H and O–H groups in total. The molecule has 2 aromatic heterocycles. The Kier molecular flexibility index (Phi) is 5.21. The summed E-state index contributed by atoms with van der Waals surface area (Å²) in [5, 5.41) is 10.8. The van der Waals surface area contributed by atoms with Gasteiger partial charge in [-0.25, -0.2) is 19.2 Å². The van der Waals surface area contributed by atoms with Crippen LogP contribution in [-0.4, -0.2) is 57.2 Å². The fraction of sp³-hybridized carbons (Fsp3) is 0.375. The topological polar surface area (TPSA) is 111 Å². The first-order valence-electron chi connectivity index (χ1n) is 8.21. The molecule has 1 fully saturated rings. The van der Waals surface area contributed by atoms with Gasteiger partial charge < -0.3 is 20.3 Å². The number of nitrogens with zero attached hydrogens (tertiary/aromatic N) is 3. The van der Waals surface area contributed by atoms with Gasteiger partial charge >= 0.3 is 12.1 Å². The minimum Gasteiger partial charge on any atom is -0.477 e. The Balaban J connectivity index is 1.85. The van der Waals surface area contributed by atoms with E-state index in [1.165, 1.54) is 17.2 Å². The van der Waals surface area contributed by atoms with E-state index in [-0.39, 0.29) is 35.9 Å². The second kappa shape index (κ2) is 7.44. The fourth-order valence-electron chi connectivity index (χ4n) is 2.94. The number of rotatable bonds is 5. The Morgan fingerprint density at radius 1 is 1.39 bits per heavy atom. The van der Waals surface area contributed by atoms with Crippen molar-refractivity contribution < 1.29 is 32.3 Å². The molecule has 1 aliphatic heterocycles. The molecule has 1 saturated heterocycles. The zero-order valence-electron chi connectivity index (χ0n) is 14.3. The van der Waals surface area contributed by atoms with Crippen LogP contribution in [0.1, 0.15) is 23.3 Å². The Hall–Kier alpha value is -3.18. The predicted octanol–water partition coefficient (Wildman–Crippen LogP) is 1.96. The maximum atomic E-state index is 14.3. The molecule has 28 heavy (non-hydrogen) atoms. The summed E-state index contributed by atoms with van der Waals surface area (Å²) in [5.74, 6) is -3.12. The van der Waals surface area contributed by atoms with Crippen molar-refractivity contribution in [2.24, 2.45) is 0 Å². The summed E-state index contributed by atoms with van der Waals surface area (Å²) in [6.45, 7) is -1.25. The van der Waals surface area contributed by atoms with Crippen molar-refractivity contribution in [1.29, 1.82) is 0 Å². The molecule has 3 heterocycles. The maximum Gasteiger partial charge on any atom is 0.405 e. The van der Waals surface area contributed by atoms with Gasteiger partial charge in [0.1, 0.15) is 18.3 Å². The van der Waals surface area contributed by atoms with E-state index in [1.54, 1.807) is 5.32 Å². The molecule has 3 rings (SSSR count). The number of aromatic nitrogens is 3. The Morgan fingerprint density at radius 2 is 2.14 bits per heavy atom. The third kappa shape index (κ3) is 4.21. The lowest BCUT2D eigenvalue weighted by molar-refractivity contribution is -0.139. The molecular weight excluding hydrogens is 386 g/mol. The number of carboxylic acid groups (broad SMARTS) is 1. The van der Waals surface area contributed by atoms with E-state index < -0.39 is 36.5 Å². The molecule has 1 aliphatic rings. The summed E-state index contributed by atoms with van der Waals surface area (Å²) in [5.41, 5.74) is 0.172. The van der Waals surface area contributed by atoms with Gasteiger partial charge in [-0.15, -0.1) is 0 Å². The monoisotopic (exact) mass is 401 g/mol. The van der Waals surface area contributed by atoms with Crippen LogP contribution in [0.15, 0.2) is 18.5 Å². The van der Waals surface area contributed by atoms with Gasteiger partial charge in [0.15, 0.2) is 17.5 Å². The summed E-state index contributed by atoms with van der Waals surface area (Å²) >= 11 is 0. The van der Waals surface area contributed by atoms with E-state index in [1.807, 2.05) is 0 Å². The van der Waals surface area contributed by atoms with Gasteiger partial charge in [0, 0.05) is 18.3 Å². The first kappa shape index (κ1) is 19.6. The number of anilines is 1. The van der Waals surface area contributed by atoms with Crippen molar-refractivity contribution in [2.75, 3.05) is 18.0 Å². The maximum absolute atomic E-state index is 14.3. The largest absolute Gasteiger partial charge is 0.477 e. The van der Waals surface area contributed by atoms with Crippen LogP contribution in [-0.2, 0) is 4.79 Å². The minimum absolute atomic E-state index is 0.0153. The number of hydrogen-bond acceptors (Lipinski definition) is 5. The molecule has 0 unspecified atom stereocenters. The third-order valence-electron chi connectivity index (χ3n) is 4.19. The number of aromatic carboxylic acids is 1. The lowest BCUT2D eigenvalue weighted by Gasteiger charge is -2.25. The SMILES string of the molecule is O=C(O)c1cc(-c2ncc(F)c(N3CCC[C@@H]3C(=O)NCC(F)(F)F)n2)c[nH]1. The third-order valence-corrected chi connectivity index (χ3v) is 4.19. The molecule has 12 heteroatoms. The lowest BCUT2D eigenvalue weighted by Crippen LogP contribution is -2.46. The molecule has 0 aromatic carbocycles. The van der Waals surface area contributed by atoms with Crippen LogP contribution in [0.2, 0.25) is 0 Å². The summed E-state index contributed by atoms with van der Waals surface area (Å²) in [4.78, 5) is 34.8. The number of carbonyl (C=O) groups is 2. The van der Waals surface area contributed by atoms with Crippen molar-refractivity contribution >= 4 is 17.7 Å². The normalized spacial score (nSPS) is 17.0. The number of carbonyl (C=O) groups excluding carboxylic acids is 1. The van der Waals surface area contributed by atoms with Crippen LogP contribution >= 0.6 is 0 Å². The molecule has 1 amide bonds. The Labute approximate surface area is 155 Å². The number of nitrogens with one attached hydrogen (secondary N) is 2. The lowest BCUT2D eigenvalue weighted by atomic mass is 10.2. The second-order valence-corrected chi connectivity index (χ2v) is 6.16. The number of H-pyrrole nitrogens is 1. The van der Waals surface area contributed by atoms with Crippen LogP contribution in [0.4, 0.5) is 23.4 Å². The highest BCUT2D eigenvalue weighted by molar-refractivity contribution is 5.87. The first-order chi connectivity index (χ1) is 13.2. The van der Waals surface area contributed by atoms with Crippen LogP contribution in [0.5, 0.6) is 0 Å². The molecule has 0 radical (unpaired) electrons. The minimum atomic E-state index is -4.55. The summed E-state index contributed by atoms with van der Waals surface area (Å²) in [7, 11) is 0. The van der Waals surface area contributed by atoms with Gasteiger partial charge in [-0.2, -0.15) is 13.2 Å². The summed E-state index contributed by atoms with van der Waals surface area (Å²) < 4.78 is 51.3. The number of aromatic amines is 1. The van der Waals surface area contributed by atoms with Crippen LogP contribution in [0.3, 0.4) is 0 Å². The van der Waals surface area contributed by atoms with Crippen LogP contribution < -0.4 is 10.2 Å². The number of amides is 1. The molecule has 8 nitrogen and oxygen atoms in total. The number of alkyl halides is 3. The molecule has 0 aliphatic carbocycles. The van der Waals surface area contributed by atoms with E-state index in [0.717, 1.165) is 6.20 Å². The highest BCUT2D eigenvalue weighted by atomic mass is 19.4. The van der Waals surface area contributed by atoms with Crippen molar-refractivity contribution in [3.63, 3.8) is 0 Å². The van der Waals surface area contributed by atoms with Gasteiger partial charge in [0.25, 0.3) is 0 Å². The predicted molar refractivity (Wildman–Crippen MR) is 88.2 cm³/mol. The molecule has 150 valence electrons. The van der Waals surface area contributed by atoms with Crippen molar-refractivity contribution in [3.05, 3.63) is 30.0 Å². The quantitative estimate of drug-likeness (QED) is 0.661. The van der Waals surface area contributed by atoms with Crippen LogP contribution in [0, 0.1) is 5.82 Å². The molecule has 1 atom stereocenters. The van der Waals surface area contributed by atoms with Crippen molar-refractivity contribution in [2.45, 2.75) is 25.1 Å². The standard InChI is InChI=1S/C16H15F4N5O3/c17-9-6-22-12(8-4-10(15(27)28)21-5-8)24-13(9)25-3-1-2-11(25)14(26)23-7-16(18,19)20/h4-6,11,21H,1-3,7H2,(H,23,26)(H,27,28)/t11-/m1/s1. The average molecular weight is 401 g/mol. The number of halogens is 4.